The van der Waals surface area contributed by atoms with Crippen LogP contribution in [0.25, 0.3) is 5.69 Å². The summed E-state index contributed by atoms with van der Waals surface area (Å²) in [6, 6.07) is 21.5. The summed E-state index contributed by atoms with van der Waals surface area (Å²) in [4.78, 5) is 0. The molecule has 1 aromatic heterocycles. The number of hydrogen-bond acceptors (Lipinski definition) is 3. The Labute approximate surface area is 159 Å². The van der Waals surface area contributed by atoms with Gasteiger partial charge in [0.25, 0.3) is 0 Å². The van der Waals surface area contributed by atoms with Crippen molar-refractivity contribution >= 4 is 16.8 Å². The first-order valence-electron chi connectivity index (χ1n) is 9.01. The van der Waals surface area contributed by atoms with Gasteiger partial charge < -0.3 is 4.57 Å². The van der Waals surface area contributed by atoms with Gasteiger partial charge in [-0.1, -0.05) is 61.2 Å². The van der Waals surface area contributed by atoms with Gasteiger partial charge >= 0.3 is 0 Å². The third-order valence-corrected chi connectivity index (χ3v) is 6.03. The van der Waals surface area contributed by atoms with E-state index in [-0.39, 0.29) is 5.37 Å². The second-order valence-corrected chi connectivity index (χ2v) is 7.69. The van der Waals surface area contributed by atoms with Crippen molar-refractivity contribution < 1.29 is 0 Å². The molecule has 0 aliphatic carbocycles. The first kappa shape index (κ1) is 17.0. The molecule has 3 aromatic rings. The van der Waals surface area contributed by atoms with Gasteiger partial charge in [0.1, 0.15) is 10.4 Å². The van der Waals surface area contributed by atoms with Gasteiger partial charge in [0.05, 0.1) is 0 Å². The van der Waals surface area contributed by atoms with Crippen molar-refractivity contribution in [2.24, 2.45) is 5.10 Å². The number of benzene rings is 2. The SMILES string of the molecule is CCc1ccc(-n2c(C)cc([C@H]3NN=C(c4ccccc4)S3)c2C)cc1. The van der Waals surface area contributed by atoms with Gasteiger partial charge in [0, 0.05) is 28.2 Å². The monoisotopic (exact) mass is 361 g/mol. The maximum Gasteiger partial charge on any atom is 0.126 e. The highest BCUT2D eigenvalue weighted by molar-refractivity contribution is 8.14. The Bertz CT molecular complexity index is 940. The molecule has 1 atom stereocenters. The predicted molar refractivity (Wildman–Crippen MR) is 111 cm³/mol. The maximum absolute atomic E-state index is 4.56. The van der Waals surface area contributed by atoms with Crippen molar-refractivity contribution in [3.8, 4) is 5.69 Å². The van der Waals surface area contributed by atoms with E-state index in [2.05, 4.69) is 90.5 Å². The van der Waals surface area contributed by atoms with Crippen molar-refractivity contribution in [3.63, 3.8) is 0 Å². The van der Waals surface area contributed by atoms with Gasteiger partial charge in [-0.2, -0.15) is 5.10 Å². The molecule has 2 aromatic carbocycles. The fourth-order valence-electron chi connectivity index (χ4n) is 3.46. The van der Waals surface area contributed by atoms with Gasteiger partial charge in [-0.15, -0.1) is 0 Å². The van der Waals surface area contributed by atoms with Gasteiger partial charge in [0.15, 0.2) is 0 Å². The van der Waals surface area contributed by atoms with E-state index in [9.17, 15) is 0 Å². The smallest absolute Gasteiger partial charge is 0.126 e. The van der Waals surface area contributed by atoms with Crippen molar-refractivity contribution in [1.29, 1.82) is 0 Å². The Morgan fingerprint density at radius 2 is 1.77 bits per heavy atom. The van der Waals surface area contributed by atoms with Gasteiger partial charge in [-0.3, -0.25) is 5.43 Å². The average molecular weight is 362 g/mol. The number of hydrazone groups is 1. The Kier molecular flexibility index (Phi) is 4.60. The second-order valence-electron chi connectivity index (χ2n) is 6.59. The minimum Gasteiger partial charge on any atom is -0.318 e. The van der Waals surface area contributed by atoms with E-state index >= 15 is 0 Å². The molecule has 0 amide bonds. The van der Waals surface area contributed by atoms with E-state index in [0.717, 1.165) is 17.0 Å². The highest BCUT2D eigenvalue weighted by atomic mass is 32.2. The molecule has 0 bridgehead atoms. The number of aryl methyl sites for hydroxylation is 2. The molecule has 0 unspecified atom stereocenters. The van der Waals surface area contributed by atoms with Crippen LogP contribution in [0.3, 0.4) is 0 Å². The van der Waals surface area contributed by atoms with Crippen LogP contribution in [0.1, 0.15) is 40.4 Å². The van der Waals surface area contributed by atoms with Crippen LogP contribution in [0.2, 0.25) is 0 Å². The molecule has 4 rings (SSSR count). The molecule has 1 aliphatic rings. The van der Waals surface area contributed by atoms with Crippen molar-refractivity contribution in [2.75, 3.05) is 0 Å². The topological polar surface area (TPSA) is 29.3 Å². The lowest BCUT2D eigenvalue weighted by Crippen LogP contribution is -2.08. The lowest BCUT2D eigenvalue weighted by molar-refractivity contribution is 0.737. The molecule has 0 spiro atoms. The first-order valence-corrected chi connectivity index (χ1v) is 9.88. The van der Waals surface area contributed by atoms with Gasteiger partial charge in [0.2, 0.25) is 0 Å². The van der Waals surface area contributed by atoms with Crippen LogP contribution in [-0.4, -0.2) is 9.61 Å². The molecule has 1 N–H and O–H groups in total. The molecule has 26 heavy (non-hydrogen) atoms. The number of rotatable bonds is 4. The number of hydrogen-bond donors (Lipinski definition) is 1. The molecular weight excluding hydrogens is 338 g/mol. The number of aromatic nitrogens is 1. The summed E-state index contributed by atoms with van der Waals surface area (Å²) < 4.78 is 2.33. The molecule has 0 radical (unpaired) electrons. The summed E-state index contributed by atoms with van der Waals surface area (Å²) in [5, 5.41) is 5.76. The number of nitrogens with zero attached hydrogens (tertiary/aromatic N) is 2. The third kappa shape index (κ3) is 3.06. The molecule has 0 fully saturated rings. The van der Waals surface area contributed by atoms with Crippen LogP contribution in [-0.2, 0) is 6.42 Å². The standard InChI is InChI=1S/C22H23N3S/c1-4-17-10-12-19(13-11-17)25-15(2)14-20(16(25)3)22-24-23-21(26-22)18-8-6-5-7-9-18/h5-14,22,24H,4H2,1-3H3/t22-/m0/s1. The first-order chi connectivity index (χ1) is 12.7. The van der Waals surface area contributed by atoms with Crippen LogP contribution in [0, 0.1) is 13.8 Å². The molecule has 4 heteroatoms. The minimum atomic E-state index is 0.153. The van der Waals surface area contributed by atoms with Crippen molar-refractivity contribution in [1.82, 2.24) is 9.99 Å². The summed E-state index contributed by atoms with van der Waals surface area (Å²) in [7, 11) is 0. The van der Waals surface area contributed by atoms with Crippen LogP contribution >= 0.6 is 11.8 Å². The van der Waals surface area contributed by atoms with Crippen LogP contribution < -0.4 is 5.43 Å². The van der Waals surface area contributed by atoms with Gasteiger partial charge in [-0.05, 0) is 44.0 Å². The molecule has 0 saturated carbocycles. The molecule has 1 aliphatic heterocycles. The quantitative estimate of drug-likeness (QED) is 0.678. The predicted octanol–water partition coefficient (Wildman–Crippen LogP) is 5.35. The highest BCUT2D eigenvalue weighted by Gasteiger charge is 2.26. The molecule has 3 nitrogen and oxygen atoms in total. The van der Waals surface area contributed by atoms with Crippen molar-refractivity contribution in [3.05, 3.63) is 88.7 Å². The molecular formula is C22H23N3S. The second kappa shape index (κ2) is 7.04. The summed E-state index contributed by atoms with van der Waals surface area (Å²) in [6.07, 6.45) is 1.07. The molecule has 0 saturated heterocycles. The lowest BCUT2D eigenvalue weighted by atomic mass is 10.1. The van der Waals surface area contributed by atoms with E-state index in [1.54, 1.807) is 11.8 Å². The fourth-order valence-corrected chi connectivity index (χ4v) is 4.53. The maximum atomic E-state index is 4.56. The minimum absolute atomic E-state index is 0.153. The molecule has 2 heterocycles. The highest BCUT2D eigenvalue weighted by Crippen LogP contribution is 2.37. The Balaban J connectivity index is 1.61. The zero-order valence-electron chi connectivity index (χ0n) is 15.4. The average Bonchev–Trinajstić information content (AvgIpc) is 3.27. The summed E-state index contributed by atoms with van der Waals surface area (Å²) in [5.41, 5.74) is 10.9. The van der Waals surface area contributed by atoms with Gasteiger partial charge in [-0.25, -0.2) is 0 Å². The van der Waals surface area contributed by atoms with Crippen LogP contribution in [0.15, 0.2) is 65.8 Å². The van der Waals surface area contributed by atoms with E-state index in [1.807, 2.05) is 6.07 Å². The third-order valence-electron chi connectivity index (χ3n) is 4.89. The number of thioether (sulfide) groups is 1. The zero-order chi connectivity index (χ0) is 18.1. The summed E-state index contributed by atoms with van der Waals surface area (Å²) in [6.45, 7) is 6.55. The Hall–Kier alpha value is -2.46. The van der Waals surface area contributed by atoms with Crippen molar-refractivity contribution in [2.45, 2.75) is 32.6 Å². The zero-order valence-corrected chi connectivity index (χ0v) is 16.2. The Morgan fingerprint density at radius 3 is 2.46 bits per heavy atom. The van der Waals surface area contributed by atoms with Crippen LogP contribution in [0.4, 0.5) is 0 Å². The largest absolute Gasteiger partial charge is 0.318 e. The van der Waals surface area contributed by atoms with E-state index < -0.39 is 0 Å². The van der Waals surface area contributed by atoms with E-state index in [1.165, 1.54) is 28.2 Å². The normalized spacial score (nSPS) is 16.4. The summed E-state index contributed by atoms with van der Waals surface area (Å²) in [5.74, 6) is 0. The van der Waals surface area contributed by atoms with Crippen LogP contribution in [0.5, 0.6) is 0 Å². The molecule has 132 valence electrons. The van der Waals surface area contributed by atoms with E-state index in [4.69, 9.17) is 0 Å². The Morgan fingerprint density at radius 1 is 1.04 bits per heavy atom. The van der Waals surface area contributed by atoms with E-state index in [0.29, 0.717) is 0 Å². The summed E-state index contributed by atoms with van der Waals surface area (Å²) >= 11 is 1.78. The lowest BCUT2D eigenvalue weighted by Gasteiger charge is -2.13. The fraction of sp³-hybridized carbons (Fsp3) is 0.227. The number of nitrogens with one attached hydrogen (secondary N) is 1.